The number of allylic oxidation sites excluding steroid dienone is 4. The van der Waals surface area contributed by atoms with Crippen molar-refractivity contribution in [1.29, 1.82) is 0 Å². The van der Waals surface area contributed by atoms with Gasteiger partial charge in [-0.1, -0.05) is 24.3 Å². The number of rotatable bonds is 2. The summed E-state index contributed by atoms with van der Waals surface area (Å²) in [5.41, 5.74) is 0. The maximum atomic E-state index is 2.08. The van der Waals surface area contributed by atoms with E-state index in [1.165, 1.54) is 11.8 Å². The SMILES string of the molecule is C/C=C/[C]1[CH][CH][CH][CH]1.C/C=C/[C]1[CH][CH][CH][CH]1.[Fe+2]. The summed E-state index contributed by atoms with van der Waals surface area (Å²) < 4.78 is 0. The summed E-state index contributed by atoms with van der Waals surface area (Å²) in [5.74, 6) is 2.57. The number of hydrogen-bond donors (Lipinski definition) is 0. The predicted octanol–water partition coefficient (Wildman–Crippen LogP) is 3.93. The molecule has 0 amide bonds. The molecule has 2 saturated carbocycles. The Morgan fingerprint density at radius 1 is 0.647 bits per heavy atom. The van der Waals surface area contributed by atoms with Gasteiger partial charge in [0.15, 0.2) is 0 Å². The van der Waals surface area contributed by atoms with Gasteiger partial charge in [-0.2, -0.15) is 0 Å². The minimum Gasteiger partial charge on any atom is -0.0911 e. The maximum absolute atomic E-state index is 2.08. The Labute approximate surface area is 118 Å². The van der Waals surface area contributed by atoms with Crippen LogP contribution in [0.15, 0.2) is 24.3 Å². The molecule has 0 heterocycles. The number of hydrogen-bond acceptors (Lipinski definition) is 0. The van der Waals surface area contributed by atoms with Crippen molar-refractivity contribution in [2.45, 2.75) is 13.8 Å². The molecule has 2 fully saturated rings. The summed E-state index contributed by atoms with van der Waals surface area (Å²) >= 11 is 0. The van der Waals surface area contributed by atoms with E-state index in [-0.39, 0.29) is 17.1 Å². The van der Waals surface area contributed by atoms with E-state index in [0.717, 1.165) is 0 Å². The van der Waals surface area contributed by atoms with Crippen LogP contribution in [0.5, 0.6) is 0 Å². The summed E-state index contributed by atoms with van der Waals surface area (Å²) in [6.45, 7) is 4.04. The molecule has 10 radical (unpaired) electrons. The van der Waals surface area contributed by atoms with Crippen LogP contribution in [0.2, 0.25) is 0 Å². The summed E-state index contributed by atoms with van der Waals surface area (Å²) in [5, 5.41) is 0. The molecule has 0 bridgehead atoms. The summed E-state index contributed by atoms with van der Waals surface area (Å²) in [6.07, 6.45) is 24.7. The van der Waals surface area contributed by atoms with Crippen molar-refractivity contribution in [2.75, 3.05) is 0 Å². The second-order valence-corrected chi connectivity index (χ2v) is 3.44. The first-order chi connectivity index (χ1) is 7.86. The molecule has 0 N–H and O–H groups in total. The molecule has 2 aliphatic rings. The monoisotopic (exact) mass is 266 g/mol. The van der Waals surface area contributed by atoms with E-state index in [1.54, 1.807) is 0 Å². The summed E-state index contributed by atoms with van der Waals surface area (Å²) in [4.78, 5) is 0. The van der Waals surface area contributed by atoms with Crippen LogP contribution in [0.4, 0.5) is 0 Å². The molecule has 0 aromatic carbocycles. The van der Waals surface area contributed by atoms with Gasteiger partial charge in [-0.25, -0.2) is 0 Å². The molecule has 0 aliphatic heterocycles. The van der Waals surface area contributed by atoms with Gasteiger partial charge in [0, 0.05) is 11.8 Å². The van der Waals surface area contributed by atoms with Gasteiger partial charge in [0.05, 0.1) is 0 Å². The van der Waals surface area contributed by atoms with Gasteiger partial charge in [-0.15, -0.1) is 0 Å². The first-order valence-corrected chi connectivity index (χ1v) is 5.55. The molecule has 0 unspecified atom stereocenters. The van der Waals surface area contributed by atoms with E-state index in [9.17, 15) is 0 Å². The van der Waals surface area contributed by atoms with E-state index < -0.39 is 0 Å². The zero-order chi connectivity index (χ0) is 11.6. The zero-order valence-corrected chi connectivity index (χ0v) is 11.4. The standard InChI is InChI=1S/2C8H9.Fe/c2*1-2-5-8-6-3-4-7-8;/h2*2-7H,1H3;/q;;+2/b2*5-2+;. The third-order valence-electron chi connectivity index (χ3n) is 2.10. The van der Waals surface area contributed by atoms with Crippen LogP contribution in [0.1, 0.15) is 13.8 Å². The van der Waals surface area contributed by atoms with Gasteiger partial charge in [-0.3, -0.25) is 0 Å². The smallest absolute Gasteiger partial charge is 0.0911 e. The Balaban J connectivity index is 0.000000284. The van der Waals surface area contributed by atoms with Crippen molar-refractivity contribution in [2.24, 2.45) is 0 Å². The Morgan fingerprint density at radius 2 is 0.941 bits per heavy atom. The van der Waals surface area contributed by atoms with Gasteiger partial charge in [-0.05, 0) is 65.2 Å². The third-order valence-corrected chi connectivity index (χ3v) is 2.10. The average Bonchev–Trinajstić information content (AvgIpc) is 2.92. The van der Waals surface area contributed by atoms with E-state index in [1.807, 2.05) is 51.7 Å². The van der Waals surface area contributed by atoms with Crippen molar-refractivity contribution in [1.82, 2.24) is 0 Å². The molecular formula is C16H18Fe+2. The Bertz CT molecular complexity index is 182. The van der Waals surface area contributed by atoms with E-state index in [0.29, 0.717) is 0 Å². The third kappa shape index (κ3) is 7.84. The molecule has 0 aromatic heterocycles. The normalized spacial score (nSPS) is 21.8. The first kappa shape index (κ1) is 17.0. The summed E-state index contributed by atoms with van der Waals surface area (Å²) in [6, 6.07) is 0. The molecule has 0 spiro atoms. The molecule has 17 heavy (non-hydrogen) atoms. The molecule has 2 aliphatic carbocycles. The fraction of sp³-hybridized carbons (Fsp3) is 0.125. The average molecular weight is 266 g/mol. The topological polar surface area (TPSA) is 0 Å². The molecule has 88 valence electrons. The van der Waals surface area contributed by atoms with Crippen molar-refractivity contribution >= 4 is 0 Å². The molecule has 1 heteroatoms. The van der Waals surface area contributed by atoms with Gasteiger partial charge in [0.1, 0.15) is 0 Å². The van der Waals surface area contributed by atoms with Gasteiger partial charge < -0.3 is 0 Å². The second kappa shape index (κ2) is 11.1. The molecule has 0 atom stereocenters. The predicted molar refractivity (Wildman–Crippen MR) is 70.5 cm³/mol. The van der Waals surface area contributed by atoms with Gasteiger partial charge in [0.2, 0.25) is 0 Å². The van der Waals surface area contributed by atoms with Crippen LogP contribution in [-0.4, -0.2) is 0 Å². The molecule has 0 nitrogen and oxygen atoms in total. The molecule has 0 saturated heterocycles. The van der Waals surface area contributed by atoms with Crippen LogP contribution in [0.25, 0.3) is 0 Å². The van der Waals surface area contributed by atoms with Crippen LogP contribution >= 0.6 is 0 Å². The molecule has 0 aromatic rings. The van der Waals surface area contributed by atoms with Crippen molar-refractivity contribution in [3.63, 3.8) is 0 Å². The minimum atomic E-state index is 0. The zero-order valence-electron chi connectivity index (χ0n) is 10.3. The molecule has 2 rings (SSSR count). The van der Waals surface area contributed by atoms with Gasteiger partial charge in [0.25, 0.3) is 0 Å². The minimum absolute atomic E-state index is 0. The maximum Gasteiger partial charge on any atom is 2.00 e. The fourth-order valence-electron chi connectivity index (χ4n) is 1.38. The van der Waals surface area contributed by atoms with Crippen molar-refractivity contribution < 1.29 is 17.1 Å². The Kier molecular flexibility index (Phi) is 11.1. The van der Waals surface area contributed by atoms with Crippen LogP contribution < -0.4 is 0 Å². The van der Waals surface area contributed by atoms with Crippen molar-refractivity contribution in [3.8, 4) is 0 Å². The van der Waals surface area contributed by atoms with E-state index in [2.05, 4.69) is 37.8 Å². The Morgan fingerprint density at radius 3 is 1.18 bits per heavy atom. The second-order valence-electron chi connectivity index (χ2n) is 3.44. The van der Waals surface area contributed by atoms with Crippen molar-refractivity contribution in [3.05, 3.63) is 87.5 Å². The van der Waals surface area contributed by atoms with Gasteiger partial charge >= 0.3 is 17.1 Å². The van der Waals surface area contributed by atoms with Crippen LogP contribution in [0.3, 0.4) is 0 Å². The van der Waals surface area contributed by atoms with Crippen LogP contribution in [-0.2, 0) is 17.1 Å². The largest absolute Gasteiger partial charge is 2.00 e. The Hall–Kier alpha value is -0.000519. The quantitative estimate of drug-likeness (QED) is 0.664. The summed E-state index contributed by atoms with van der Waals surface area (Å²) in [7, 11) is 0. The fourth-order valence-corrected chi connectivity index (χ4v) is 1.38. The van der Waals surface area contributed by atoms with Crippen LogP contribution in [0, 0.1) is 63.2 Å². The van der Waals surface area contributed by atoms with E-state index in [4.69, 9.17) is 0 Å². The first-order valence-electron chi connectivity index (χ1n) is 5.55. The molecular weight excluding hydrogens is 248 g/mol. The van der Waals surface area contributed by atoms with E-state index >= 15 is 0 Å².